The lowest BCUT2D eigenvalue weighted by Gasteiger charge is -2.24. The molecule has 22 heavy (non-hydrogen) atoms. The van der Waals surface area contributed by atoms with Crippen LogP contribution in [0.2, 0.25) is 0 Å². The molecule has 1 aliphatic carbocycles. The Morgan fingerprint density at radius 2 is 1.91 bits per heavy atom. The first-order chi connectivity index (χ1) is 10.3. The van der Waals surface area contributed by atoms with Crippen molar-refractivity contribution >= 4 is 13.9 Å². The third-order valence-corrected chi connectivity index (χ3v) is 5.72. The number of nitrogens with one attached hydrogen (secondary N) is 1. The number of nitrogens with two attached hydrogens (primary N) is 1. The van der Waals surface area contributed by atoms with Gasteiger partial charge in [-0.2, -0.15) is 4.89 Å². The van der Waals surface area contributed by atoms with Crippen molar-refractivity contribution in [2.24, 2.45) is 17.6 Å². The lowest BCUT2D eigenvalue weighted by Crippen LogP contribution is -2.46. The van der Waals surface area contributed by atoms with E-state index in [2.05, 4.69) is 5.32 Å². The van der Waals surface area contributed by atoms with Gasteiger partial charge in [-0.3, -0.25) is 4.79 Å². The van der Waals surface area contributed by atoms with E-state index in [0.717, 1.165) is 25.7 Å². The van der Waals surface area contributed by atoms with E-state index < -0.39 is 20.2 Å². The summed E-state index contributed by atoms with van der Waals surface area (Å²) in [5, 5.41) is 12.7. The van der Waals surface area contributed by atoms with E-state index in [4.69, 9.17) is 5.73 Å². The molecule has 5 N–H and O–H groups in total. The van der Waals surface area contributed by atoms with Crippen LogP contribution in [0, 0.1) is 11.8 Å². The highest BCUT2D eigenvalue weighted by Crippen LogP contribution is 2.40. The van der Waals surface area contributed by atoms with Gasteiger partial charge in [-0.25, -0.2) is 0 Å². The monoisotopic (exact) mass is 333 g/mol. The van der Waals surface area contributed by atoms with Crippen molar-refractivity contribution in [1.29, 1.82) is 0 Å². The van der Waals surface area contributed by atoms with Gasteiger partial charge >= 0.3 is 8.03 Å². The Labute approximate surface area is 133 Å². The number of aliphatic hydroxyl groups is 1. The van der Waals surface area contributed by atoms with Crippen LogP contribution in [0.15, 0.2) is 0 Å². The molecule has 0 bridgehead atoms. The van der Waals surface area contributed by atoms with Crippen molar-refractivity contribution in [3.63, 3.8) is 0 Å². The Morgan fingerprint density at radius 1 is 1.32 bits per heavy atom. The second-order valence-corrected chi connectivity index (χ2v) is 7.94. The van der Waals surface area contributed by atoms with Gasteiger partial charge in [-0.15, -0.1) is 0 Å². The Hall–Kier alpha value is -0.550. The summed E-state index contributed by atoms with van der Waals surface area (Å²) in [6.07, 6.45) is 4.67. The smallest absolute Gasteiger partial charge is 0.391 e. The Bertz CT molecular complexity index is 373. The molecule has 0 aromatic heterocycles. The minimum absolute atomic E-state index is 0.0269. The second-order valence-electron chi connectivity index (χ2n) is 6.67. The molecular formula is C15H30N2O4P+. The molecule has 6 nitrogen and oxygen atoms in total. The summed E-state index contributed by atoms with van der Waals surface area (Å²) in [6, 6.07) is -0.601. The SMILES string of the molecule is CC(C)[C@H](N)C(=O)NC[C@H](O)CC(C1CCCCC1)[P+](=O)O. The average Bonchev–Trinajstić information content (AvgIpc) is 2.49. The molecule has 128 valence electrons. The largest absolute Gasteiger partial charge is 0.509 e. The quantitative estimate of drug-likeness (QED) is 0.503. The number of carbonyl (C=O) groups excluding carboxylic acids is 1. The zero-order valence-electron chi connectivity index (χ0n) is 13.6. The number of hydrogen-bond donors (Lipinski definition) is 4. The summed E-state index contributed by atoms with van der Waals surface area (Å²) < 4.78 is 11.6. The molecule has 0 aromatic carbocycles. The molecule has 1 amide bonds. The van der Waals surface area contributed by atoms with Gasteiger partial charge in [-0.1, -0.05) is 33.1 Å². The zero-order chi connectivity index (χ0) is 16.7. The first kappa shape index (κ1) is 19.5. The summed E-state index contributed by atoms with van der Waals surface area (Å²) in [6.45, 7) is 3.79. The van der Waals surface area contributed by atoms with Crippen molar-refractivity contribution in [2.75, 3.05) is 6.54 Å². The van der Waals surface area contributed by atoms with Crippen molar-refractivity contribution in [1.82, 2.24) is 5.32 Å². The van der Waals surface area contributed by atoms with E-state index in [0.29, 0.717) is 0 Å². The number of carbonyl (C=O) groups is 1. The fourth-order valence-electron chi connectivity index (χ4n) is 2.98. The van der Waals surface area contributed by atoms with Crippen LogP contribution in [0.25, 0.3) is 0 Å². The third-order valence-electron chi connectivity index (χ3n) is 4.52. The van der Waals surface area contributed by atoms with Gasteiger partial charge in [0.15, 0.2) is 5.66 Å². The Morgan fingerprint density at radius 3 is 2.41 bits per heavy atom. The maximum Gasteiger partial charge on any atom is 0.509 e. The Kier molecular flexibility index (Phi) is 8.47. The molecule has 4 atom stereocenters. The van der Waals surface area contributed by atoms with Crippen molar-refractivity contribution in [3.8, 4) is 0 Å². The second kappa shape index (κ2) is 9.56. The maximum absolute atomic E-state index is 11.8. The highest BCUT2D eigenvalue weighted by molar-refractivity contribution is 7.38. The minimum Gasteiger partial charge on any atom is -0.391 e. The van der Waals surface area contributed by atoms with E-state index >= 15 is 0 Å². The van der Waals surface area contributed by atoms with Crippen LogP contribution in [0.1, 0.15) is 52.4 Å². The molecule has 1 saturated carbocycles. The van der Waals surface area contributed by atoms with Gasteiger partial charge in [0.25, 0.3) is 0 Å². The lowest BCUT2D eigenvalue weighted by atomic mass is 9.85. The van der Waals surface area contributed by atoms with E-state index in [-0.39, 0.29) is 36.4 Å². The topological polar surface area (TPSA) is 113 Å². The van der Waals surface area contributed by atoms with Crippen LogP contribution in [-0.2, 0) is 9.36 Å². The van der Waals surface area contributed by atoms with Crippen molar-refractivity contribution in [3.05, 3.63) is 0 Å². The molecular weight excluding hydrogens is 303 g/mol. The molecule has 0 aromatic rings. The Balaban J connectivity index is 2.45. The van der Waals surface area contributed by atoms with Crippen LogP contribution < -0.4 is 11.1 Å². The minimum atomic E-state index is -2.32. The zero-order valence-corrected chi connectivity index (χ0v) is 14.5. The van der Waals surface area contributed by atoms with E-state index in [1.807, 2.05) is 13.8 Å². The van der Waals surface area contributed by atoms with Gasteiger partial charge < -0.3 is 16.2 Å². The molecule has 2 unspecified atom stereocenters. The molecule has 1 rings (SSSR count). The number of amides is 1. The van der Waals surface area contributed by atoms with Gasteiger partial charge in [0, 0.05) is 18.9 Å². The fraction of sp³-hybridized carbons (Fsp3) is 0.933. The summed E-state index contributed by atoms with van der Waals surface area (Å²) in [5.74, 6) is -0.0682. The summed E-state index contributed by atoms with van der Waals surface area (Å²) >= 11 is 0. The standard InChI is InChI=1S/C15H29N2O4P/c1-10(2)14(16)15(19)17-9-12(18)8-13(22(20)21)11-6-4-3-5-7-11/h10-14,18H,3-9,16H2,1-2H3,(H-,17,19,20,21)/p+1/t12-,13?,14+/m1/s1. The predicted molar refractivity (Wildman–Crippen MR) is 86.6 cm³/mol. The van der Waals surface area contributed by atoms with E-state index in [9.17, 15) is 19.4 Å². The molecule has 1 aliphatic rings. The molecule has 1 fully saturated rings. The maximum atomic E-state index is 11.8. The van der Waals surface area contributed by atoms with Crippen LogP contribution >= 0.6 is 8.03 Å². The van der Waals surface area contributed by atoms with Crippen LogP contribution in [-0.4, -0.2) is 40.3 Å². The number of hydrogen-bond acceptors (Lipinski definition) is 4. The average molecular weight is 333 g/mol. The highest BCUT2D eigenvalue weighted by atomic mass is 31.1. The predicted octanol–water partition coefficient (Wildman–Crippen LogP) is 1.52. The lowest BCUT2D eigenvalue weighted by molar-refractivity contribution is -0.123. The normalized spacial score (nSPS) is 21.3. The summed E-state index contributed by atoms with van der Waals surface area (Å²) in [4.78, 5) is 21.3. The van der Waals surface area contributed by atoms with Crippen LogP contribution in [0.5, 0.6) is 0 Å². The van der Waals surface area contributed by atoms with Gasteiger partial charge in [0.05, 0.1) is 12.1 Å². The summed E-state index contributed by atoms with van der Waals surface area (Å²) in [7, 11) is -2.32. The number of rotatable bonds is 8. The molecule has 0 heterocycles. The van der Waals surface area contributed by atoms with Crippen molar-refractivity contribution in [2.45, 2.75) is 70.2 Å². The van der Waals surface area contributed by atoms with Crippen LogP contribution in [0.4, 0.5) is 0 Å². The summed E-state index contributed by atoms with van der Waals surface area (Å²) in [5.41, 5.74) is 5.34. The molecule has 0 radical (unpaired) electrons. The first-order valence-electron chi connectivity index (χ1n) is 8.19. The van der Waals surface area contributed by atoms with Crippen molar-refractivity contribution < 1.29 is 19.4 Å². The van der Waals surface area contributed by atoms with E-state index in [1.54, 1.807) is 0 Å². The van der Waals surface area contributed by atoms with Gasteiger partial charge in [0.2, 0.25) is 5.91 Å². The molecule has 0 aliphatic heterocycles. The highest BCUT2D eigenvalue weighted by Gasteiger charge is 2.39. The molecule has 7 heteroatoms. The first-order valence-corrected chi connectivity index (χ1v) is 9.47. The van der Waals surface area contributed by atoms with Gasteiger partial charge in [-0.05, 0) is 23.3 Å². The number of aliphatic hydroxyl groups excluding tert-OH is 1. The molecule has 0 saturated heterocycles. The van der Waals surface area contributed by atoms with E-state index in [1.165, 1.54) is 6.42 Å². The fourth-order valence-corrected chi connectivity index (χ4v) is 4.07. The van der Waals surface area contributed by atoms with Crippen LogP contribution in [0.3, 0.4) is 0 Å². The third kappa shape index (κ3) is 6.29. The molecule has 0 spiro atoms. The van der Waals surface area contributed by atoms with Gasteiger partial charge in [0.1, 0.15) is 0 Å².